The monoisotopic (exact) mass is 416 g/mol. The molecule has 2 rings (SSSR count). The minimum atomic E-state index is -2.16. The predicted octanol–water partition coefficient (Wildman–Crippen LogP) is -7.25. The van der Waals surface area contributed by atoms with Crippen molar-refractivity contribution in [3.63, 3.8) is 0 Å². The third-order valence-electron chi connectivity index (χ3n) is 5.23. The number of ether oxygens (including phenoxy) is 2. The number of aliphatic hydroxyl groups is 11. The minimum Gasteiger partial charge on any atom is -0.394 e. The second-order valence-corrected chi connectivity index (χ2v) is 7.06. The Balaban J connectivity index is 2.14. The van der Waals surface area contributed by atoms with Gasteiger partial charge in [0.25, 0.3) is 0 Å². The van der Waals surface area contributed by atoms with Crippen molar-refractivity contribution in [3.8, 4) is 0 Å². The maximum Gasteiger partial charge on any atom is 0.115 e. The first kappa shape index (κ1) is 23.8. The summed E-state index contributed by atoms with van der Waals surface area (Å²) in [4.78, 5) is 0. The van der Waals surface area contributed by atoms with Crippen LogP contribution in [0.25, 0.3) is 0 Å². The maximum atomic E-state index is 10.3. The van der Waals surface area contributed by atoms with E-state index in [0.717, 1.165) is 0 Å². The van der Waals surface area contributed by atoms with Gasteiger partial charge in [0.15, 0.2) is 0 Å². The Morgan fingerprint density at radius 1 is 0.536 bits per heavy atom. The summed E-state index contributed by atoms with van der Waals surface area (Å²) in [6.45, 7) is -1.56. The van der Waals surface area contributed by atoms with Gasteiger partial charge < -0.3 is 65.6 Å². The van der Waals surface area contributed by atoms with E-state index in [2.05, 4.69) is 0 Å². The summed E-state index contributed by atoms with van der Waals surface area (Å²) in [7, 11) is 0. The third kappa shape index (κ3) is 4.32. The van der Waals surface area contributed by atoms with Crippen LogP contribution in [0.15, 0.2) is 0 Å². The first-order valence-corrected chi connectivity index (χ1v) is 8.72. The lowest BCUT2D eigenvalue weighted by molar-refractivity contribution is -0.280. The molecule has 2 saturated heterocycles. The lowest BCUT2D eigenvalue weighted by Crippen LogP contribution is -2.67. The van der Waals surface area contributed by atoms with Gasteiger partial charge in [-0.05, 0) is 0 Å². The van der Waals surface area contributed by atoms with E-state index in [0.29, 0.717) is 0 Å². The van der Waals surface area contributed by atoms with Crippen LogP contribution in [0.2, 0.25) is 0 Å². The quantitative estimate of drug-likeness (QED) is 0.193. The standard InChI is InChI=1S/C15H28O13/c16-1-3-5(18)7(20)10(23)14(27-3)12(25)9(22)13(26)15-11(24)8(21)6(19)4(2-17)28-15/h3-26H,1-2H2/t3-,4-,5+,6+,7+,8+,9?,10-,11-,12?,13?,14?,15?/m1/s1. The number of hydrogen-bond donors (Lipinski definition) is 11. The lowest BCUT2D eigenvalue weighted by Gasteiger charge is -2.45. The summed E-state index contributed by atoms with van der Waals surface area (Å²) < 4.78 is 10.2. The van der Waals surface area contributed by atoms with E-state index in [-0.39, 0.29) is 0 Å². The number of rotatable bonds is 6. The van der Waals surface area contributed by atoms with Crippen molar-refractivity contribution in [1.29, 1.82) is 0 Å². The smallest absolute Gasteiger partial charge is 0.115 e. The van der Waals surface area contributed by atoms with Crippen LogP contribution < -0.4 is 0 Å². The Kier molecular flexibility index (Phi) is 8.08. The fourth-order valence-corrected chi connectivity index (χ4v) is 3.42. The van der Waals surface area contributed by atoms with E-state index in [1.54, 1.807) is 0 Å². The van der Waals surface area contributed by atoms with Gasteiger partial charge in [-0.1, -0.05) is 0 Å². The fraction of sp³-hybridized carbons (Fsp3) is 1.00. The Labute approximate surface area is 159 Å². The summed E-state index contributed by atoms with van der Waals surface area (Å²) in [6, 6.07) is 0. The minimum absolute atomic E-state index is 0.778. The SMILES string of the molecule is OC[C@H]1OC(C(O)C(O)C(O)C2O[C@H](CO)[C@H](O)[C@H](O)[C@H]2O)[C@H](O)[C@@H](O)[C@H]1O. The van der Waals surface area contributed by atoms with Crippen molar-refractivity contribution in [1.82, 2.24) is 0 Å². The van der Waals surface area contributed by atoms with Gasteiger partial charge in [0, 0.05) is 0 Å². The molecule has 0 aliphatic carbocycles. The van der Waals surface area contributed by atoms with E-state index in [1.165, 1.54) is 0 Å². The lowest BCUT2D eigenvalue weighted by atomic mass is 9.85. The number of hydrogen-bond acceptors (Lipinski definition) is 13. The van der Waals surface area contributed by atoms with Crippen LogP contribution >= 0.6 is 0 Å². The zero-order valence-corrected chi connectivity index (χ0v) is 14.7. The average molecular weight is 416 g/mol. The molecule has 0 aromatic carbocycles. The second-order valence-electron chi connectivity index (χ2n) is 7.06. The van der Waals surface area contributed by atoms with Crippen LogP contribution in [0, 0.1) is 0 Å². The molecule has 13 nitrogen and oxygen atoms in total. The third-order valence-corrected chi connectivity index (χ3v) is 5.23. The highest BCUT2D eigenvalue weighted by Gasteiger charge is 2.52. The Hall–Kier alpha value is -0.520. The van der Waals surface area contributed by atoms with Crippen molar-refractivity contribution < 1.29 is 65.6 Å². The molecule has 0 amide bonds. The summed E-state index contributed by atoms with van der Waals surface area (Å²) in [5.74, 6) is 0. The molecule has 2 fully saturated rings. The van der Waals surface area contributed by atoms with Crippen molar-refractivity contribution in [3.05, 3.63) is 0 Å². The molecule has 166 valence electrons. The van der Waals surface area contributed by atoms with E-state index in [4.69, 9.17) is 19.7 Å². The molecule has 11 N–H and O–H groups in total. The van der Waals surface area contributed by atoms with E-state index >= 15 is 0 Å². The zero-order chi connectivity index (χ0) is 21.3. The number of aliphatic hydroxyl groups excluding tert-OH is 11. The van der Waals surface area contributed by atoms with Crippen LogP contribution in [-0.2, 0) is 9.47 Å². The molecule has 2 heterocycles. The second kappa shape index (κ2) is 9.53. The molecule has 0 aromatic heterocycles. The fourth-order valence-electron chi connectivity index (χ4n) is 3.42. The van der Waals surface area contributed by atoms with Gasteiger partial charge >= 0.3 is 0 Å². The topological polar surface area (TPSA) is 241 Å². The molecule has 0 radical (unpaired) electrons. The summed E-state index contributed by atoms with van der Waals surface area (Å²) in [5, 5.41) is 108. The first-order valence-electron chi connectivity index (χ1n) is 8.72. The van der Waals surface area contributed by atoms with Crippen molar-refractivity contribution >= 4 is 0 Å². The largest absolute Gasteiger partial charge is 0.394 e. The highest BCUT2D eigenvalue weighted by molar-refractivity contribution is 5.01. The molecule has 2 aliphatic heterocycles. The molecule has 4 unspecified atom stereocenters. The average Bonchev–Trinajstić information content (AvgIpc) is 2.69. The van der Waals surface area contributed by atoms with Gasteiger partial charge in [-0.2, -0.15) is 0 Å². The molecule has 13 heteroatoms. The highest BCUT2D eigenvalue weighted by Crippen LogP contribution is 2.29. The maximum absolute atomic E-state index is 10.3. The molecule has 0 aromatic rings. The summed E-state index contributed by atoms with van der Waals surface area (Å²) >= 11 is 0. The Morgan fingerprint density at radius 3 is 1.14 bits per heavy atom. The van der Waals surface area contributed by atoms with Crippen LogP contribution in [-0.4, -0.2) is 149 Å². The van der Waals surface area contributed by atoms with Gasteiger partial charge in [0.05, 0.1) is 13.2 Å². The Bertz CT molecular complexity index is 449. The molecule has 28 heavy (non-hydrogen) atoms. The molecule has 12 atom stereocenters. The molecule has 2 aliphatic rings. The molecule has 0 spiro atoms. The summed E-state index contributed by atoms with van der Waals surface area (Å²) in [6.07, 6.45) is -23.4. The van der Waals surface area contributed by atoms with Gasteiger partial charge in [0.2, 0.25) is 0 Å². The van der Waals surface area contributed by atoms with Gasteiger partial charge in [-0.25, -0.2) is 0 Å². The van der Waals surface area contributed by atoms with E-state index in [1.807, 2.05) is 0 Å². The van der Waals surface area contributed by atoms with Crippen LogP contribution in [0.4, 0.5) is 0 Å². The zero-order valence-electron chi connectivity index (χ0n) is 14.7. The molecule has 0 bridgehead atoms. The highest BCUT2D eigenvalue weighted by atomic mass is 16.6. The van der Waals surface area contributed by atoms with Gasteiger partial charge in [-0.3, -0.25) is 0 Å². The van der Waals surface area contributed by atoms with Gasteiger partial charge in [0.1, 0.15) is 79.4 Å². The van der Waals surface area contributed by atoms with E-state index < -0.39 is 92.6 Å². The van der Waals surface area contributed by atoms with Gasteiger partial charge in [-0.15, -0.1) is 0 Å². The molecule has 0 saturated carbocycles. The normalized spacial score (nSPS) is 48.1. The van der Waals surface area contributed by atoms with Crippen LogP contribution in [0.3, 0.4) is 0 Å². The predicted molar refractivity (Wildman–Crippen MR) is 85.6 cm³/mol. The van der Waals surface area contributed by atoms with Crippen molar-refractivity contribution in [2.24, 2.45) is 0 Å². The summed E-state index contributed by atoms with van der Waals surface area (Å²) in [5.41, 5.74) is 0. The van der Waals surface area contributed by atoms with Crippen LogP contribution in [0.1, 0.15) is 0 Å². The van der Waals surface area contributed by atoms with Crippen LogP contribution in [0.5, 0.6) is 0 Å². The Morgan fingerprint density at radius 2 is 0.857 bits per heavy atom. The molecular formula is C15H28O13. The van der Waals surface area contributed by atoms with E-state index in [9.17, 15) is 46.0 Å². The first-order chi connectivity index (χ1) is 13.1. The van der Waals surface area contributed by atoms with Crippen molar-refractivity contribution in [2.45, 2.75) is 79.4 Å². The molecular weight excluding hydrogens is 388 g/mol. The van der Waals surface area contributed by atoms with Crippen molar-refractivity contribution in [2.75, 3.05) is 13.2 Å².